The van der Waals surface area contributed by atoms with Crippen molar-refractivity contribution in [2.75, 3.05) is 5.73 Å². The molecule has 0 saturated heterocycles. The minimum absolute atomic E-state index is 0.726. The Labute approximate surface area is 95.1 Å². The summed E-state index contributed by atoms with van der Waals surface area (Å²) in [7, 11) is 0. The molecule has 1 aromatic carbocycles. The Morgan fingerprint density at radius 2 is 2.00 bits per heavy atom. The first kappa shape index (κ1) is 10.7. The second kappa shape index (κ2) is 3.96. The predicted octanol–water partition coefficient (Wildman–Crippen LogP) is 1.83. The summed E-state index contributed by atoms with van der Waals surface area (Å²) in [6.07, 6.45) is 0. The van der Waals surface area contributed by atoms with Crippen molar-refractivity contribution in [3.8, 4) is 0 Å². The van der Waals surface area contributed by atoms with Gasteiger partial charge in [0.2, 0.25) is 0 Å². The Balaban J connectivity index is 2.34. The monoisotopic (exact) mass is 216 g/mol. The van der Waals surface area contributed by atoms with E-state index in [9.17, 15) is 0 Å². The van der Waals surface area contributed by atoms with Crippen molar-refractivity contribution < 1.29 is 0 Å². The van der Waals surface area contributed by atoms with E-state index in [1.165, 1.54) is 5.56 Å². The van der Waals surface area contributed by atoms with E-state index in [4.69, 9.17) is 5.73 Å². The standard InChI is InChI=1S/C12H16N4/c1-8-11(5-4-6-12(8)13)7-16-10(3)14-9(2)15-16/h4-6H,7,13H2,1-3H3. The van der Waals surface area contributed by atoms with Crippen LogP contribution in [0.25, 0.3) is 0 Å². The second-order valence-electron chi connectivity index (χ2n) is 4.00. The zero-order chi connectivity index (χ0) is 11.7. The number of aromatic nitrogens is 3. The molecule has 1 aromatic heterocycles. The molecule has 0 unspecified atom stereocenters. The van der Waals surface area contributed by atoms with Crippen LogP contribution in [0.2, 0.25) is 0 Å². The van der Waals surface area contributed by atoms with Gasteiger partial charge in [-0.2, -0.15) is 5.10 Å². The van der Waals surface area contributed by atoms with E-state index < -0.39 is 0 Å². The van der Waals surface area contributed by atoms with Gasteiger partial charge in [0.1, 0.15) is 11.6 Å². The summed E-state index contributed by atoms with van der Waals surface area (Å²) in [4.78, 5) is 4.28. The van der Waals surface area contributed by atoms with Crippen LogP contribution in [0.3, 0.4) is 0 Å². The van der Waals surface area contributed by atoms with Crippen molar-refractivity contribution in [2.45, 2.75) is 27.3 Å². The van der Waals surface area contributed by atoms with Crippen LogP contribution in [-0.4, -0.2) is 14.8 Å². The molecule has 1 heterocycles. The second-order valence-corrected chi connectivity index (χ2v) is 4.00. The zero-order valence-electron chi connectivity index (χ0n) is 9.86. The van der Waals surface area contributed by atoms with E-state index in [-0.39, 0.29) is 0 Å². The molecule has 4 nitrogen and oxygen atoms in total. The quantitative estimate of drug-likeness (QED) is 0.779. The predicted molar refractivity (Wildman–Crippen MR) is 64.2 cm³/mol. The van der Waals surface area contributed by atoms with Crippen LogP contribution < -0.4 is 5.73 Å². The third-order valence-electron chi connectivity index (χ3n) is 2.77. The molecule has 0 radical (unpaired) electrons. The smallest absolute Gasteiger partial charge is 0.147 e. The molecule has 0 atom stereocenters. The summed E-state index contributed by atoms with van der Waals surface area (Å²) in [5, 5.41) is 4.34. The largest absolute Gasteiger partial charge is 0.399 e. The first-order chi connectivity index (χ1) is 7.58. The number of rotatable bonds is 2. The van der Waals surface area contributed by atoms with Crippen molar-refractivity contribution in [1.29, 1.82) is 0 Å². The summed E-state index contributed by atoms with van der Waals surface area (Å²) >= 11 is 0. The van der Waals surface area contributed by atoms with Crippen molar-refractivity contribution >= 4 is 5.69 Å². The number of anilines is 1. The van der Waals surface area contributed by atoms with Gasteiger partial charge in [-0.3, -0.25) is 0 Å². The molecule has 16 heavy (non-hydrogen) atoms. The molecule has 0 aliphatic rings. The number of nitrogens with two attached hydrogens (primary N) is 1. The molecule has 0 spiro atoms. The first-order valence-electron chi connectivity index (χ1n) is 5.30. The average Bonchev–Trinajstić information content (AvgIpc) is 2.53. The molecule has 0 fully saturated rings. The third-order valence-corrected chi connectivity index (χ3v) is 2.77. The Hall–Kier alpha value is -1.84. The van der Waals surface area contributed by atoms with Crippen molar-refractivity contribution in [3.05, 3.63) is 41.0 Å². The van der Waals surface area contributed by atoms with Gasteiger partial charge in [0.25, 0.3) is 0 Å². The lowest BCUT2D eigenvalue weighted by molar-refractivity contribution is 0.654. The summed E-state index contributed by atoms with van der Waals surface area (Å²) in [5.74, 6) is 1.73. The fourth-order valence-corrected chi connectivity index (χ4v) is 1.75. The minimum Gasteiger partial charge on any atom is -0.399 e. The van der Waals surface area contributed by atoms with Gasteiger partial charge >= 0.3 is 0 Å². The fourth-order valence-electron chi connectivity index (χ4n) is 1.75. The van der Waals surface area contributed by atoms with E-state index in [0.717, 1.165) is 29.4 Å². The molecule has 0 aliphatic carbocycles. The normalized spacial score (nSPS) is 10.7. The highest BCUT2D eigenvalue weighted by Gasteiger charge is 2.06. The molecular formula is C12H16N4. The average molecular weight is 216 g/mol. The van der Waals surface area contributed by atoms with Crippen LogP contribution in [0.5, 0.6) is 0 Å². The maximum atomic E-state index is 5.87. The van der Waals surface area contributed by atoms with Crippen LogP contribution in [-0.2, 0) is 6.54 Å². The number of aryl methyl sites for hydroxylation is 2. The Bertz CT molecular complexity index is 514. The van der Waals surface area contributed by atoms with E-state index >= 15 is 0 Å². The lowest BCUT2D eigenvalue weighted by Crippen LogP contribution is -2.06. The number of benzene rings is 1. The third kappa shape index (κ3) is 1.91. The van der Waals surface area contributed by atoms with Crippen molar-refractivity contribution in [3.63, 3.8) is 0 Å². The summed E-state index contributed by atoms with van der Waals surface area (Å²) < 4.78 is 1.90. The van der Waals surface area contributed by atoms with Gasteiger partial charge in [0.05, 0.1) is 6.54 Å². The molecule has 0 bridgehead atoms. The van der Waals surface area contributed by atoms with E-state index in [2.05, 4.69) is 16.1 Å². The van der Waals surface area contributed by atoms with E-state index in [1.54, 1.807) is 0 Å². The van der Waals surface area contributed by atoms with Crippen LogP contribution in [0.4, 0.5) is 5.69 Å². The Morgan fingerprint density at radius 3 is 2.62 bits per heavy atom. The molecule has 2 N–H and O–H groups in total. The van der Waals surface area contributed by atoms with Crippen LogP contribution >= 0.6 is 0 Å². The zero-order valence-corrected chi connectivity index (χ0v) is 9.86. The van der Waals surface area contributed by atoms with E-state index in [1.807, 2.05) is 37.6 Å². The van der Waals surface area contributed by atoms with Crippen molar-refractivity contribution in [1.82, 2.24) is 14.8 Å². The summed E-state index contributed by atoms with van der Waals surface area (Å²) in [6, 6.07) is 5.96. The van der Waals surface area contributed by atoms with Crippen LogP contribution in [0.1, 0.15) is 22.8 Å². The topological polar surface area (TPSA) is 56.7 Å². The first-order valence-corrected chi connectivity index (χ1v) is 5.30. The minimum atomic E-state index is 0.726. The molecule has 0 aliphatic heterocycles. The highest BCUT2D eigenvalue weighted by atomic mass is 15.3. The highest BCUT2D eigenvalue weighted by Crippen LogP contribution is 2.16. The van der Waals surface area contributed by atoms with Gasteiger partial charge in [-0.1, -0.05) is 12.1 Å². The Morgan fingerprint density at radius 1 is 1.25 bits per heavy atom. The number of hydrogen-bond donors (Lipinski definition) is 1. The number of nitrogen functional groups attached to an aromatic ring is 1. The molecule has 2 rings (SSSR count). The van der Waals surface area contributed by atoms with Gasteiger partial charge in [-0.15, -0.1) is 0 Å². The highest BCUT2D eigenvalue weighted by molar-refractivity contribution is 5.49. The SMILES string of the molecule is Cc1nc(C)n(Cc2cccc(N)c2C)n1. The maximum Gasteiger partial charge on any atom is 0.147 e. The Kier molecular flexibility index (Phi) is 2.64. The van der Waals surface area contributed by atoms with Gasteiger partial charge < -0.3 is 5.73 Å². The summed E-state index contributed by atoms with van der Waals surface area (Å²) in [5.41, 5.74) is 9.01. The lowest BCUT2D eigenvalue weighted by atomic mass is 10.1. The van der Waals surface area contributed by atoms with Gasteiger partial charge in [-0.05, 0) is 38.0 Å². The lowest BCUT2D eigenvalue weighted by Gasteiger charge is -2.08. The van der Waals surface area contributed by atoms with Gasteiger partial charge in [0, 0.05) is 5.69 Å². The van der Waals surface area contributed by atoms with Crippen molar-refractivity contribution in [2.24, 2.45) is 0 Å². The van der Waals surface area contributed by atoms with Crippen LogP contribution in [0, 0.1) is 20.8 Å². The molecule has 0 saturated carbocycles. The fraction of sp³-hybridized carbons (Fsp3) is 0.333. The molecule has 0 amide bonds. The van der Waals surface area contributed by atoms with Gasteiger partial charge in [0.15, 0.2) is 0 Å². The van der Waals surface area contributed by atoms with Gasteiger partial charge in [-0.25, -0.2) is 9.67 Å². The molecular weight excluding hydrogens is 200 g/mol. The number of nitrogens with zero attached hydrogens (tertiary/aromatic N) is 3. The molecule has 4 heteroatoms. The number of hydrogen-bond acceptors (Lipinski definition) is 3. The molecule has 2 aromatic rings. The van der Waals surface area contributed by atoms with E-state index in [0.29, 0.717) is 0 Å². The molecule has 84 valence electrons. The summed E-state index contributed by atoms with van der Waals surface area (Å²) in [6.45, 7) is 6.62. The maximum absolute atomic E-state index is 5.87. The van der Waals surface area contributed by atoms with Crippen LogP contribution in [0.15, 0.2) is 18.2 Å².